The van der Waals surface area contributed by atoms with E-state index in [1.165, 1.54) is 0 Å². The van der Waals surface area contributed by atoms with Gasteiger partial charge >= 0.3 is 0 Å². The van der Waals surface area contributed by atoms with Crippen molar-refractivity contribution in [3.8, 4) is 5.75 Å². The fourth-order valence-corrected chi connectivity index (χ4v) is 4.42. The molecular formula is C24H26N2O4S. The SMILES string of the molecule is Cc1ccc(S(=O)(=O)N(CC(=O)NCCOc2ccccc2C)c2ccccc2)cc1. The summed E-state index contributed by atoms with van der Waals surface area (Å²) in [6, 6.07) is 22.8. The highest BCUT2D eigenvalue weighted by Crippen LogP contribution is 2.23. The van der Waals surface area contributed by atoms with Crippen molar-refractivity contribution >= 4 is 21.6 Å². The minimum absolute atomic E-state index is 0.137. The second-order valence-electron chi connectivity index (χ2n) is 7.12. The van der Waals surface area contributed by atoms with Gasteiger partial charge in [0.15, 0.2) is 0 Å². The summed E-state index contributed by atoms with van der Waals surface area (Å²) in [4.78, 5) is 12.7. The van der Waals surface area contributed by atoms with Crippen LogP contribution in [0.1, 0.15) is 11.1 Å². The van der Waals surface area contributed by atoms with Crippen LogP contribution in [0.25, 0.3) is 0 Å². The quantitative estimate of drug-likeness (QED) is 0.517. The number of anilines is 1. The van der Waals surface area contributed by atoms with E-state index in [9.17, 15) is 13.2 Å². The molecular weight excluding hydrogens is 412 g/mol. The Kier molecular flexibility index (Phi) is 7.31. The molecule has 0 heterocycles. The lowest BCUT2D eigenvalue weighted by Crippen LogP contribution is -2.41. The number of nitrogens with one attached hydrogen (secondary N) is 1. The molecule has 31 heavy (non-hydrogen) atoms. The minimum atomic E-state index is -3.90. The molecule has 0 saturated carbocycles. The number of hydrogen-bond acceptors (Lipinski definition) is 4. The lowest BCUT2D eigenvalue weighted by Gasteiger charge is -2.24. The second-order valence-corrected chi connectivity index (χ2v) is 8.99. The zero-order chi connectivity index (χ0) is 22.3. The Morgan fingerprint density at radius 1 is 0.903 bits per heavy atom. The number of ether oxygens (including phenoxy) is 1. The molecule has 3 rings (SSSR count). The maximum atomic E-state index is 13.3. The maximum Gasteiger partial charge on any atom is 0.264 e. The van der Waals surface area contributed by atoms with Gasteiger partial charge in [-0.2, -0.15) is 0 Å². The molecule has 162 valence electrons. The van der Waals surface area contributed by atoms with Gasteiger partial charge in [-0.3, -0.25) is 9.10 Å². The predicted octanol–water partition coefficient (Wildman–Crippen LogP) is 3.69. The molecule has 0 aliphatic rings. The van der Waals surface area contributed by atoms with E-state index in [1.807, 2.05) is 38.1 Å². The third-order valence-corrected chi connectivity index (χ3v) is 6.50. The van der Waals surface area contributed by atoms with Crippen molar-refractivity contribution in [2.24, 2.45) is 0 Å². The largest absolute Gasteiger partial charge is 0.491 e. The lowest BCUT2D eigenvalue weighted by molar-refractivity contribution is -0.119. The van der Waals surface area contributed by atoms with Gasteiger partial charge in [0.1, 0.15) is 18.9 Å². The van der Waals surface area contributed by atoms with Crippen LogP contribution < -0.4 is 14.4 Å². The zero-order valence-electron chi connectivity index (χ0n) is 17.6. The van der Waals surface area contributed by atoms with Crippen molar-refractivity contribution in [1.82, 2.24) is 5.32 Å². The Morgan fingerprint density at radius 3 is 2.23 bits per heavy atom. The topological polar surface area (TPSA) is 75.7 Å². The van der Waals surface area contributed by atoms with E-state index >= 15 is 0 Å². The van der Waals surface area contributed by atoms with E-state index in [0.29, 0.717) is 5.69 Å². The normalized spacial score (nSPS) is 11.0. The van der Waals surface area contributed by atoms with Crippen LogP contribution >= 0.6 is 0 Å². The van der Waals surface area contributed by atoms with Crippen LogP contribution in [-0.2, 0) is 14.8 Å². The first kappa shape index (κ1) is 22.4. The molecule has 0 radical (unpaired) electrons. The number of para-hydroxylation sites is 2. The van der Waals surface area contributed by atoms with Gasteiger partial charge in [-0.25, -0.2) is 8.42 Å². The Bertz CT molecular complexity index is 1110. The van der Waals surface area contributed by atoms with E-state index in [0.717, 1.165) is 21.2 Å². The number of benzene rings is 3. The van der Waals surface area contributed by atoms with Gasteiger partial charge in [0.25, 0.3) is 10.0 Å². The summed E-state index contributed by atoms with van der Waals surface area (Å²) in [6.45, 7) is 4.05. The first-order chi connectivity index (χ1) is 14.9. The summed E-state index contributed by atoms with van der Waals surface area (Å²) in [6.07, 6.45) is 0. The number of hydrogen-bond donors (Lipinski definition) is 1. The van der Waals surface area contributed by atoms with Crippen LogP contribution in [-0.4, -0.2) is 34.0 Å². The second kappa shape index (κ2) is 10.1. The van der Waals surface area contributed by atoms with Crippen LogP contribution in [0.15, 0.2) is 83.8 Å². The molecule has 0 aromatic heterocycles. The standard InChI is InChI=1S/C24H26N2O4S/c1-19-12-14-22(15-13-19)31(28,29)26(21-9-4-3-5-10-21)18-24(27)25-16-17-30-23-11-7-6-8-20(23)2/h3-15H,16-18H2,1-2H3,(H,25,27). The van der Waals surface area contributed by atoms with E-state index < -0.39 is 15.9 Å². The van der Waals surface area contributed by atoms with Crippen molar-refractivity contribution in [1.29, 1.82) is 0 Å². The Morgan fingerprint density at radius 2 is 1.55 bits per heavy atom. The van der Waals surface area contributed by atoms with Crippen LogP contribution in [0.4, 0.5) is 5.69 Å². The summed E-state index contributed by atoms with van der Waals surface area (Å²) in [5.41, 5.74) is 2.39. The third kappa shape index (κ3) is 5.86. The molecule has 0 fully saturated rings. The van der Waals surface area contributed by atoms with Gasteiger partial charge in [0.2, 0.25) is 5.91 Å². The predicted molar refractivity (Wildman–Crippen MR) is 122 cm³/mol. The van der Waals surface area contributed by atoms with Crippen molar-refractivity contribution in [2.45, 2.75) is 18.7 Å². The molecule has 3 aromatic rings. The van der Waals surface area contributed by atoms with Crippen LogP contribution in [0.5, 0.6) is 5.75 Å². The summed E-state index contributed by atoms with van der Waals surface area (Å²) < 4.78 is 33.3. The first-order valence-electron chi connectivity index (χ1n) is 9.97. The molecule has 1 amide bonds. The molecule has 0 unspecified atom stereocenters. The number of nitrogens with zero attached hydrogens (tertiary/aromatic N) is 1. The van der Waals surface area contributed by atoms with Gasteiger partial charge in [-0.1, -0.05) is 54.1 Å². The Labute approximate surface area is 183 Å². The van der Waals surface area contributed by atoms with E-state index in [1.54, 1.807) is 54.6 Å². The molecule has 7 heteroatoms. The van der Waals surface area contributed by atoms with E-state index in [-0.39, 0.29) is 24.6 Å². The molecule has 0 aliphatic heterocycles. The number of sulfonamides is 1. The number of rotatable bonds is 9. The molecule has 0 spiro atoms. The fraction of sp³-hybridized carbons (Fsp3) is 0.208. The van der Waals surface area contributed by atoms with Crippen LogP contribution in [0, 0.1) is 13.8 Å². The molecule has 0 aliphatic carbocycles. The Hall–Kier alpha value is -3.32. The average molecular weight is 439 g/mol. The van der Waals surface area contributed by atoms with Gasteiger partial charge in [-0.15, -0.1) is 0 Å². The number of carbonyl (C=O) groups excluding carboxylic acids is 1. The Balaban J connectivity index is 1.68. The number of amides is 1. The summed E-state index contributed by atoms with van der Waals surface area (Å²) in [5, 5.41) is 2.74. The van der Waals surface area contributed by atoms with Crippen LogP contribution in [0.3, 0.4) is 0 Å². The maximum absolute atomic E-state index is 13.3. The van der Waals surface area contributed by atoms with Gasteiger partial charge in [-0.05, 0) is 49.7 Å². The van der Waals surface area contributed by atoms with Gasteiger partial charge < -0.3 is 10.1 Å². The van der Waals surface area contributed by atoms with E-state index in [2.05, 4.69) is 5.32 Å². The van der Waals surface area contributed by atoms with Gasteiger partial charge in [0.05, 0.1) is 17.1 Å². The smallest absolute Gasteiger partial charge is 0.264 e. The molecule has 0 bridgehead atoms. The van der Waals surface area contributed by atoms with Crippen molar-refractivity contribution < 1.29 is 17.9 Å². The van der Waals surface area contributed by atoms with E-state index in [4.69, 9.17) is 4.74 Å². The molecule has 6 nitrogen and oxygen atoms in total. The zero-order valence-corrected chi connectivity index (χ0v) is 18.4. The molecule has 3 aromatic carbocycles. The highest BCUT2D eigenvalue weighted by molar-refractivity contribution is 7.92. The highest BCUT2D eigenvalue weighted by atomic mass is 32.2. The van der Waals surface area contributed by atoms with Crippen LogP contribution in [0.2, 0.25) is 0 Å². The molecule has 1 N–H and O–H groups in total. The number of carbonyl (C=O) groups is 1. The highest BCUT2D eigenvalue weighted by Gasteiger charge is 2.26. The first-order valence-corrected chi connectivity index (χ1v) is 11.4. The lowest BCUT2D eigenvalue weighted by atomic mass is 10.2. The van der Waals surface area contributed by atoms with Crippen molar-refractivity contribution in [3.05, 3.63) is 90.0 Å². The number of aryl methyl sites for hydroxylation is 2. The van der Waals surface area contributed by atoms with Crippen molar-refractivity contribution in [3.63, 3.8) is 0 Å². The van der Waals surface area contributed by atoms with Gasteiger partial charge in [0, 0.05) is 0 Å². The molecule has 0 atom stereocenters. The summed E-state index contributed by atoms with van der Waals surface area (Å²) in [5.74, 6) is 0.345. The minimum Gasteiger partial charge on any atom is -0.491 e. The monoisotopic (exact) mass is 438 g/mol. The molecule has 0 saturated heterocycles. The third-order valence-electron chi connectivity index (χ3n) is 4.72. The fourth-order valence-electron chi connectivity index (χ4n) is 3.00. The summed E-state index contributed by atoms with van der Waals surface area (Å²) in [7, 11) is -3.90. The van der Waals surface area contributed by atoms with Crippen molar-refractivity contribution in [2.75, 3.05) is 24.0 Å². The average Bonchev–Trinajstić information content (AvgIpc) is 2.77. The summed E-state index contributed by atoms with van der Waals surface area (Å²) >= 11 is 0.